The van der Waals surface area contributed by atoms with Crippen molar-refractivity contribution < 1.29 is 14.3 Å². The Balaban J connectivity index is 2.00. The second-order valence-electron chi connectivity index (χ2n) is 5.15. The molecule has 0 aliphatic carbocycles. The number of likely N-dealkylation sites (tertiary alicyclic amines) is 1. The molecule has 4 nitrogen and oxygen atoms in total. The number of hydrogen-bond donors (Lipinski definition) is 1. The van der Waals surface area contributed by atoms with Crippen LogP contribution in [0.1, 0.15) is 19.8 Å². The largest absolute Gasteiger partial charge is 0.392 e. The highest BCUT2D eigenvalue weighted by atomic mass is 19.1. The molecule has 0 aromatic heterocycles. The minimum atomic E-state index is -0.336. The van der Waals surface area contributed by atoms with Crippen LogP contribution >= 0.6 is 0 Å². The van der Waals surface area contributed by atoms with Crippen LogP contribution in [0.5, 0.6) is 0 Å². The van der Waals surface area contributed by atoms with E-state index in [9.17, 15) is 14.3 Å². The maximum Gasteiger partial charge on any atom is 0.241 e. The van der Waals surface area contributed by atoms with E-state index < -0.39 is 0 Å². The number of anilines is 1. The standard InChI is InChI=1S/C15H21FN2O2/c1-2-18(13-7-5-12(16)6-8-13)15(20)11-17-9-3-4-14(19)10-17/h5-8,14,19H,2-4,9-11H2,1H3. The molecule has 1 aromatic rings. The summed E-state index contributed by atoms with van der Waals surface area (Å²) in [4.78, 5) is 16.0. The Morgan fingerprint density at radius 2 is 2.15 bits per heavy atom. The summed E-state index contributed by atoms with van der Waals surface area (Å²) >= 11 is 0. The minimum Gasteiger partial charge on any atom is -0.392 e. The molecule has 0 spiro atoms. The number of rotatable bonds is 4. The Kier molecular flexibility index (Phi) is 5.09. The second kappa shape index (κ2) is 6.81. The van der Waals surface area contributed by atoms with Gasteiger partial charge in [-0.2, -0.15) is 0 Å². The lowest BCUT2D eigenvalue weighted by Crippen LogP contribution is -2.45. The normalized spacial score (nSPS) is 19.9. The van der Waals surface area contributed by atoms with E-state index in [0.29, 0.717) is 25.3 Å². The third kappa shape index (κ3) is 3.77. The predicted molar refractivity (Wildman–Crippen MR) is 76.1 cm³/mol. The predicted octanol–water partition coefficient (Wildman–Crippen LogP) is 1.64. The molecule has 20 heavy (non-hydrogen) atoms. The third-order valence-electron chi connectivity index (χ3n) is 3.60. The highest BCUT2D eigenvalue weighted by Gasteiger charge is 2.22. The summed E-state index contributed by atoms with van der Waals surface area (Å²) in [5.74, 6) is -0.329. The van der Waals surface area contributed by atoms with Crippen LogP contribution in [0.3, 0.4) is 0 Å². The van der Waals surface area contributed by atoms with Crippen molar-refractivity contribution in [2.24, 2.45) is 0 Å². The highest BCUT2D eigenvalue weighted by Crippen LogP contribution is 2.16. The van der Waals surface area contributed by atoms with Gasteiger partial charge < -0.3 is 10.0 Å². The van der Waals surface area contributed by atoms with Gasteiger partial charge >= 0.3 is 0 Å². The molecule has 1 amide bonds. The van der Waals surface area contributed by atoms with E-state index in [2.05, 4.69) is 0 Å². The van der Waals surface area contributed by atoms with Crippen molar-refractivity contribution in [2.45, 2.75) is 25.9 Å². The number of hydrogen-bond acceptors (Lipinski definition) is 3. The van der Waals surface area contributed by atoms with Crippen LogP contribution < -0.4 is 4.90 Å². The number of piperidine rings is 1. The third-order valence-corrected chi connectivity index (χ3v) is 3.60. The molecule has 1 unspecified atom stereocenters. The SMILES string of the molecule is CCN(C(=O)CN1CCCC(O)C1)c1ccc(F)cc1. The lowest BCUT2D eigenvalue weighted by Gasteiger charge is -2.31. The Labute approximate surface area is 118 Å². The summed E-state index contributed by atoms with van der Waals surface area (Å²) in [7, 11) is 0. The number of β-amino-alcohol motifs (C(OH)–C–C–N with tert-alkyl or cyclic N) is 1. The number of aliphatic hydroxyl groups is 1. The summed E-state index contributed by atoms with van der Waals surface area (Å²) in [6.45, 7) is 4.12. The second-order valence-corrected chi connectivity index (χ2v) is 5.15. The fourth-order valence-corrected chi connectivity index (χ4v) is 2.58. The number of amides is 1. The summed E-state index contributed by atoms with van der Waals surface area (Å²) < 4.78 is 12.9. The van der Waals surface area contributed by atoms with Gasteiger partial charge in [-0.05, 0) is 50.6 Å². The van der Waals surface area contributed by atoms with Crippen LogP contribution in [-0.2, 0) is 4.79 Å². The molecule has 1 aliphatic rings. The smallest absolute Gasteiger partial charge is 0.241 e. The number of carbonyl (C=O) groups is 1. The van der Waals surface area contributed by atoms with Crippen LogP contribution in [0, 0.1) is 5.82 Å². The van der Waals surface area contributed by atoms with E-state index in [1.54, 1.807) is 17.0 Å². The molecular formula is C15H21FN2O2. The zero-order valence-corrected chi connectivity index (χ0v) is 11.8. The molecule has 1 atom stereocenters. The van der Waals surface area contributed by atoms with Crippen molar-refractivity contribution in [2.75, 3.05) is 31.1 Å². The van der Waals surface area contributed by atoms with Gasteiger partial charge in [0, 0.05) is 18.8 Å². The molecule has 1 saturated heterocycles. The molecule has 1 aliphatic heterocycles. The minimum absolute atomic E-state index is 0.0202. The molecule has 2 rings (SSSR count). The zero-order valence-electron chi connectivity index (χ0n) is 11.8. The number of aliphatic hydroxyl groups excluding tert-OH is 1. The maximum atomic E-state index is 12.9. The van der Waals surface area contributed by atoms with Crippen LogP contribution in [0.4, 0.5) is 10.1 Å². The summed E-state index contributed by atoms with van der Waals surface area (Å²) in [5, 5.41) is 9.63. The van der Waals surface area contributed by atoms with E-state index in [0.717, 1.165) is 19.4 Å². The Bertz CT molecular complexity index is 450. The van der Waals surface area contributed by atoms with Gasteiger partial charge in [0.15, 0.2) is 0 Å². The van der Waals surface area contributed by atoms with Gasteiger partial charge in [0.25, 0.3) is 0 Å². The Morgan fingerprint density at radius 1 is 1.45 bits per heavy atom. The number of benzene rings is 1. The Morgan fingerprint density at radius 3 is 2.75 bits per heavy atom. The zero-order chi connectivity index (χ0) is 14.5. The molecule has 1 aromatic carbocycles. The molecule has 1 N–H and O–H groups in total. The van der Waals surface area contributed by atoms with Crippen LogP contribution in [0.2, 0.25) is 0 Å². The molecular weight excluding hydrogens is 259 g/mol. The molecule has 5 heteroatoms. The first-order chi connectivity index (χ1) is 9.60. The molecule has 110 valence electrons. The van der Waals surface area contributed by atoms with E-state index in [-0.39, 0.29) is 17.8 Å². The van der Waals surface area contributed by atoms with Gasteiger partial charge in [0.2, 0.25) is 5.91 Å². The quantitative estimate of drug-likeness (QED) is 0.912. The fraction of sp³-hybridized carbons (Fsp3) is 0.533. The summed E-state index contributed by atoms with van der Waals surface area (Å²) in [6.07, 6.45) is 1.38. The molecule has 1 fully saturated rings. The van der Waals surface area contributed by atoms with Crippen molar-refractivity contribution in [1.29, 1.82) is 0 Å². The van der Waals surface area contributed by atoms with E-state index >= 15 is 0 Å². The van der Waals surface area contributed by atoms with E-state index in [4.69, 9.17) is 0 Å². The van der Waals surface area contributed by atoms with Crippen LogP contribution in [0.15, 0.2) is 24.3 Å². The van der Waals surface area contributed by atoms with Gasteiger partial charge in [-0.1, -0.05) is 0 Å². The number of likely N-dealkylation sites (N-methyl/N-ethyl adjacent to an activating group) is 1. The number of halogens is 1. The van der Waals surface area contributed by atoms with Gasteiger partial charge in [0.1, 0.15) is 5.82 Å². The first-order valence-corrected chi connectivity index (χ1v) is 7.06. The average Bonchev–Trinajstić information content (AvgIpc) is 2.42. The van der Waals surface area contributed by atoms with Gasteiger partial charge in [-0.3, -0.25) is 9.69 Å². The molecule has 1 heterocycles. The summed E-state index contributed by atoms with van der Waals surface area (Å²) in [6, 6.07) is 5.94. The summed E-state index contributed by atoms with van der Waals surface area (Å²) in [5.41, 5.74) is 0.705. The van der Waals surface area contributed by atoms with Crippen molar-refractivity contribution in [3.63, 3.8) is 0 Å². The molecule has 0 saturated carbocycles. The molecule has 0 bridgehead atoms. The van der Waals surface area contributed by atoms with Gasteiger partial charge in [-0.25, -0.2) is 4.39 Å². The first kappa shape index (κ1) is 14.9. The van der Waals surface area contributed by atoms with Crippen molar-refractivity contribution in [3.8, 4) is 0 Å². The van der Waals surface area contributed by atoms with Gasteiger partial charge in [-0.15, -0.1) is 0 Å². The molecule has 0 radical (unpaired) electrons. The van der Waals surface area contributed by atoms with E-state index in [1.165, 1.54) is 12.1 Å². The maximum absolute atomic E-state index is 12.9. The Hall–Kier alpha value is -1.46. The van der Waals surface area contributed by atoms with Crippen molar-refractivity contribution in [3.05, 3.63) is 30.1 Å². The average molecular weight is 280 g/mol. The lowest BCUT2D eigenvalue weighted by molar-refractivity contribution is -0.120. The highest BCUT2D eigenvalue weighted by molar-refractivity contribution is 5.94. The van der Waals surface area contributed by atoms with E-state index in [1.807, 2.05) is 11.8 Å². The lowest BCUT2D eigenvalue weighted by atomic mass is 10.1. The monoisotopic (exact) mass is 280 g/mol. The first-order valence-electron chi connectivity index (χ1n) is 7.06. The van der Waals surface area contributed by atoms with Crippen LogP contribution in [0.25, 0.3) is 0 Å². The van der Waals surface area contributed by atoms with Crippen molar-refractivity contribution in [1.82, 2.24) is 4.90 Å². The fourth-order valence-electron chi connectivity index (χ4n) is 2.58. The van der Waals surface area contributed by atoms with Crippen molar-refractivity contribution >= 4 is 11.6 Å². The number of nitrogens with zero attached hydrogens (tertiary/aromatic N) is 2. The topological polar surface area (TPSA) is 43.8 Å². The van der Waals surface area contributed by atoms with Crippen LogP contribution in [-0.4, -0.2) is 48.2 Å². The van der Waals surface area contributed by atoms with Gasteiger partial charge in [0.05, 0.1) is 12.6 Å². The number of carbonyl (C=O) groups excluding carboxylic acids is 1.